The molecule has 3 rings (SSSR count). The molecular formula is C19H21N3O3. The van der Waals surface area contributed by atoms with Gasteiger partial charge in [-0.25, -0.2) is 5.48 Å². The fourth-order valence-corrected chi connectivity index (χ4v) is 3.04. The average Bonchev–Trinajstić information content (AvgIpc) is 2.65. The number of hydroxylamine groups is 1. The molecule has 0 aromatic heterocycles. The fourth-order valence-electron chi connectivity index (χ4n) is 3.04. The van der Waals surface area contributed by atoms with Crippen LogP contribution in [-0.4, -0.2) is 42.6 Å². The van der Waals surface area contributed by atoms with Crippen LogP contribution < -0.4 is 10.4 Å². The van der Waals surface area contributed by atoms with E-state index in [-0.39, 0.29) is 5.91 Å². The molecule has 130 valence electrons. The van der Waals surface area contributed by atoms with Crippen molar-refractivity contribution in [3.8, 4) is 0 Å². The highest BCUT2D eigenvalue weighted by molar-refractivity contribution is 5.96. The number of carbonyl (C=O) groups excluding carboxylic acids is 2. The van der Waals surface area contributed by atoms with Gasteiger partial charge in [0.05, 0.1) is 0 Å². The van der Waals surface area contributed by atoms with Crippen LogP contribution in [0, 0.1) is 0 Å². The minimum absolute atomic E-state index is 0.0219. The van der Waals surface area contributed by atoms with E-state index in [2.05, 4.69) is 0 Å². The van der Waals surface area contributed by atoms with Gasteiger partial charge in [0.15, 0.2) is 0 Å². The molecule has 0 aliphatic carbocycles. The fraction of sp³-hybridized carbons (Fsp3) is 0.263. The monoisotopic (exact) mass is 339 g/mol. The van der Waals surface area contributed by atoms with Gasteiger partial charge in [0.25, 0.3) is 11.8 Å². The van der Waals surface area contributed by atoms with Gasteiger partial charge in [-0.1, -0.05) is 12.1 Å². The third kappa shape index (κ3) is 3.49. The zero-order valence-corrected chi connectivity index (χ0v) is 14.3. The second-order valence-electron chi connectivity index (χ2n) is 6.35. The largest absolute Gasteiger partial charge is 0.378 e. The van der Waals surface area contributed by atoms with Crippen molar-refractivity contribution in [3.05, 3.63) is 64.7 Å². The summed E-state index contributed by atoms with van der Waals surface area (Å²) in [5.74, 6) is -0.573. The summed E-state index contributed by atoms with van der Waals surface area (Å²) >= 11 is 0. The summed E-state index contributed by atoms with van der Waals surface area (Å²) in [6.07, 6.45) is 0.746. The number of hydrogen-bond acceptors (Lipinski definition) is 4. The SMILES string of the molecule is CN(C)c1cccc(C(=O)N2CCc3ccc(C(=O)NO)cc3C2)c1. The van der Waals surface area contributed by atoms with E-state index in [0.29, 0.717) is 24.2 Å². The molecule has 0 saturated carbocycles. The Bertz CT molecular complexity index is 817. The van der Waals surface area contributed by atoms with Gasteiger partial charge in [-0.05, 0) is 47.9 Å². The molecule has 0 bridgehead atoms. The van der Waals surface area contributed by atoms with E-state index >= 15 is 0 Å². The van der Waals surface area contributed by atoms with Crippen LogP contribution in [0.4, 0.5) is 5.69 Å². The minimum atomic E-state index is -0.551. The van der Waals surface area contributed by atoms with Crippen molar-refractivity contribution in [2.24, 2.45) is 0 Å². The Morgan fingerprint density at radius 1 is 1.08 bits per heavy atom. The molecular weight excluding hydrogens is 318 g/mol. The number of rotatable bonds is 3. The molecule has 0 unspecified atom stereocenters. The minimum Gasteiger partial charge on any atom is -0.378 e. The van der Waals surface area contributed by atoms with E-state index in [1.807, 2.05) is 49.3 Å². The quantitative estimate of drug-likeness (QED) is 0.663. The Labute approximate surface area is 146 Å². The lowest BCUT2D eigenvalue weighted by Gasteiger charge is -2.29. The predicted molar refractivity (Wildman–Crippen MR) is 94.9 cm³/mol. The summed E-state index contributed by atoms with van der Waals surface area (Å²) in [5.41, 5.74) is 5.71. The van der Waals surface area contributed by atoms with Crippen LogP contribution in [0.3, 0.4) is 0 Å². The third-order valence-corrected chi connectivity index (χ3v) is 4.48. The molecule has 2 N–H and O–H groups in total. The molecule has 25 heavy (non-hydrogen) atoms. The average molecular weight is 339 g/mol. The van der Waals surface area contributed by atoms with Crippen LogP contribution in [0.1, 0.15) is 31.8 Å². The highest BCUT2D eigenvalue weighted by Gasteiger charge is 2.23. The summed E-state index contributed by atoms with van der Waals surface area (Å²) in [6.45, 7) is 1.09. The molecule has 1 heterocycles. The number of fused-ring (bicyclic) bond motifs is 1. The zero-order valence-electron chi connectivity index (χ0n) is 14.3. The summed E-state index contributed by atoms with van der Waals surface area (Å²) in [7, 11) is 3.88. The van der Waals surface area contributed by atoms with Crippen LogP contribution in [0.15, 0.2) is 42.5 Å². The Morgan fingerprint density at radius 2 is 1.88 bits per heavy atom. The second-order valence-corrected chi connectivity index (χ2v) is 6.35. The second kappa shape index (κ2) is 6.94. The van der Waals surface area contributed by atoms with Gasteiger partial charge in [0.2, 0.25) is 0 Å². The number of nitrogens with one attached hydrogen (secondary N) is 1. The highest BCUT2D eigenvalue weighted by atomic mass is 16.5. The molecule has 1 aliphatic rings. The lowest BCUT2D eigenvalue weighted by Crippen LogP contribution is -2.36. The molecule has 2 aromatic carbocycles. The lowest BCUT2D eigenvalue weighted by atomic mass is 9.96. The van der Waals surface area contributed by atoms with E-state index in [4.69, 9.17) is 5.21 Å². The Hall–Kier alpha value is -2.86. The molecule has 6 nitrogen and oxygen atoms in total. The molecule has 0 radical (unpaired) electrons. The Kier molecular flexibility index (Phi) is 4.72. The number of anilines is 1. The molecule has 2 aromatic rings. The summed E-state index contributed by atoms with van der Waals surface area (Å²) in [6, 6.07) is 12.8. The lowest BCUT2D eigenvalue weighted by molar-refractivity contribution is 0.0706. The molecule has 0 spiro atoms. The topological polar surface area (TPSA) is 72.9 Å². The maximum Gasteiger partial charge on any atom is 0.274 e. The summed E-state index contributed by atoms with van der Waals surface area (Å²) in [5, 5.41) is 8.78. The van der Waals surface area contributed by atoms with Gasteiger partial charge in [-0.3, -0.25) is 14.8 Å². The number of hydrogen-bond donors (Lipinski definition) is 2. The first-order valence-electron chi connectivity index (χ1n) is 8.12. The number of nitrogens with zero attached hydrogens (tertiary/aromatic N) is 2. The van der Waals surface area contributed by atoms with Crippen molar-refractivity contribution in [3.63, 3.8) is 0 Å². The highest BCUT2D eigenvalue weighted by Crippen LogP contribution is 2.23. The van der Waals surface area contributed by atoms with Gasteiger partial charge in [0.1, 0.15) is 0 Å². The number of benzene rings is 2. The van der Waals surface area contributed by atoms with Crippen molar-refractivity contribution < 1.29 is 14.8 Å². The molecule has 1 aliphatic heterocycles. The van der Waals surface area contributed by atoms with Crippen molar-refractivity contribution in [1.29, 1.82) is 0 Å². The number of amides is 2. The van der Waals surface area contributed by atoms with Crippen LogP contribution >= 0.6 is 0 Å². The van der Waals surface area contributed by atoms with E-state index in [0.717, 1.165) is 23.2 Å². The van der Waals surface area contributed by atoms with Crippen LogP contribution in [0.2, 0.25) is 0 Å². The van der Waals surface area contributed by atoms with Crippen LogP contribution in [0.25, 0.3) is 0 Å². The summed E-state index contributed by atoms with van der Waals surface area (Å²) < 4.78 is 0. The van der Waals surface area contributed by atoms with E-state index in [9.17, 15) is 9.59 Å². The number of carbonyl (C=O) groups is 2. The molecule has 0 atom stereocenters. The van der Waals surface area contributed by atoms with Crippen LogP contribution in [0.5, 0.6) is 0 Å². The van der Waals surface area contributed by atoms with Crippen LogP contribution in [-0.2, 0) is 13.0 Å². The van der Waals surface area contributed by atoms with Crippen molar-refractivity contribution in [2.45, 2.75) is 13.0 Å². The van der Waals surface area contributed by atoms with Crippen molar-refractivity contribution in [2.75, 3.05) is 25.5 Å². The zero-order chi connectivity index (χ0) is 18.0. The van der Waals surface area contributed by atoms with Gasteiger partial charge in [-0.15, -0.1) is 0 Å². The standard InChI is InChI=1S/C19H21N3O3/c1-21(2)17-5-3-4-15(11-17)19(24)22-9-8-13-6-7-14(18(23)20-25)10-16(13)12-22/h3-7,10-11,25H,8-9,12H2,1-2H3,(H,20,23). The van der Waals surface area contributed by atoms with Crippen molar-refractivity contribution >= 4 is 17.5 Å². The molecule has 0 fully saturated rings. The first-order valence-corrected chi connectivity index (χ1v) is 8.12. The van der Waals surface area contributed by atoms with Gasteiger partial charge in [0, 0.05) is 44.0 Å². The third-order valence-electron chi connectivity index (χ3n) is 4.48. The van der Waals surface area contributed by atoms with Crippen molar-refractivity contribution in [1.82, 2.24) is 10.4 Å². The molecule has 2 amide bonds. The Balaban J connectivity index is 1.83. The van der Waals surface area contributed by atoms with E-state index in [1.54, 1.807) is 22.5 Å². The van der Waals surface area contributed by atoms with E-state index < -0.39 is 5.91 Å². The van der Waals surface area contributed by atoms with E-state index in [1.165, 1.54) is 0 Å². The van der Waals surface area contributed by atoms with Gasteiger partial charge >= 0.3 is 0 Å². The van der Waals surface area contributed by atoms with Gasteiger partial charge < -0.3 is 9.80 Å². The molecule has 6 heteroatoms. The Morgan fingerprint density at radius 3 is 2.60 bits per heavy atom. The maximum atomic E-state index is 12.8. The predicted octanol–water partition coefficient (Wildman–Crippen LogP) is 2.07. The maximum absolute atomic E-state index is 12.8. The summed E-state index contributed by atoms with van der Waals surface area (Å²) in [4.78, 5) is 28.2. The first-order chi connectivity index (χ1) is 12.0. The van der Waals surface area contributed by atoms with Gasteiger partial charge in [-0.2, -0.15) is 0 Å². The molecule has 0 saturated heterocycles. The normalized spacial score (nSPS) is 13.2. The first kappa shape index (κ1) is 17.0. The smallest absolute Gasteiger partial charge is 0.274 e.